The lowest BCUT2D eigenvalue weighted by atomic mass is 9.74. The molecule has 1 aliphatic heterocycles. The van der Waals surface area contributed by atoms with Gasteiger partial charge in [-0.2, -0.15) is 0 Å². The van der Waals surface area contributed by atoms with Crippen LogP contribution in [0.4, 0.5) is 10.1 Å². The lowest BCUT2D eigenvalue weighted by Crippen LogP contribution is -2.39. The second kappa shape index (κ2) is 5.91. The summed E-state index contributed by atoms with van der Waals surface area (Å²) in [5.41, 5.74) is 8.07. The zero-order chi connectivity index (χ0) is 13.9. The minimum Gasteiger partial charge on any atom is -0.398 e. The Morgan fingerprint density at radius 1 is 1.21 bits per heavy atom. The summed E-state index contributed by atoms with van der Waals surface area (Å²) in [6.07, 6.45) is 5.02. The first-order valence-electron chi connectivity index (χ1n) is 7.35. The number of piperidine rings is 1. The van der Waals surface area contributed by atoms with Crippen LogP contribution in [0.1, 0.15) is 45.1 Å². The summed E-state index contributed by atoms with van der Waals surface area (Å²) in [6, 6.07) is 4.65. The van der Waals surface area contributed by atoms with E-state index in [1.54, 1.807) is 12.1 Å². The van der Waals surface area contributed by atoms with E-state index >= 15 is 0 Å². The van der Waals surface area contributed by atoms with Gasteiger partial charge in [0, 0.05) is 12.2 Å². The molecule has 0 aliphatic carbocycles. The maximum atomic E-state index is 13.3. The largest absolute Gasteiger partial charge is 0.398 e. The van der Waals surface area contributed by atoms with Gasteiger partial charge in [-0.1, -0.05) is 26.7 Å². The molecule has 0 unspecified atom stereocenters. The van der Waals surface area contributed by atoms with Crippen molar-refractivity contribution in [1.29, 1.82) is 0 Å². The van der Waals surface area contributed by atoms with Crippen LogP contribution in [-0.4, -0.2) is 18.0 Å². The Kier molecular flexibility index (Phi) is 4.46. The summed E-state index contributed by atoms with van der Waals surface area (Å²) in [5, 5.41) is 0. The predicted molar refractivity (Wildman–Crippen MR) is 78.3 cm³/mol. The van der Waals surface area contributed by atoms with Gasteiger partial charge in [-0.25, -0.2) is 4.39 Å². The number of hydrogen-bond donors (Lipinski definition) is 1. The number of halogens is 1. The van der Waals surface area contributed by atoms with Crippen LogP contribution in [0.5, 0.6) is 0 Å². The van der Waals surface area contributed by atoms with E-state index < -0.39 is 0 Å². The summed E-state index contributed by atoms with van der Waals surface area (Å²) in [7, 11) is 0. The van der Waals surface area contributed by atoms with Gasteiger partial charge in [0.15, 0.2) is 0 Å². The topological polar surface area (TPSA) is 29.3 Å². The van der Waals surface area contributed by atoms with Crippen LogP contribution in [-0.2, 0) is 6.54 Å². The molecule has 0 atom stereocenters. The molecule has 19 heavy (non-hydrogen) atoms. The first-order chi connectivity index (χ1) is 9.08. The molecular formula is C16H25FN2. The van der Waals surface area contributed by atoms with E-state index in [1.807, 2.05) is 0 Å². The molecule has 0 amide bonds. The van der Waals surface area contributed by atoms with Crippen molar-refractivity contribution in [3.63, 3.8) is 0 Å². The van der Waals surface area contributed by atoms with Crippen molar-refractivity contribution in [2.24, 2.45) is 5.41 Å². The van der Waals surface area contributed by atoms with E-state index in [0.29, 0.717) is 11.1 Å². The van der Waals surface area contributed by atoms with Gasteiger partial charge in [0.2, 0.25) is 0 Å². The highest BCUT2D eigenvalue weighted by Gasteiger charge is 2.31. The van der Waals surface area contributed by atoms with Crippen molar-refractivity contribution in [3.8, 4) is 0 Å². The monoisotopic (exact) mass is 264 g/mol. The zero-order valence-electron chi connectivity index (χ0n) is 12.1. The van der Waals surface area contributed by atoms with E-state index in [4.69, 9.17) is 5.73 Å². The molecular weight excluding hydrogens is 239 g/mol. The lowest BCUT2D eigenvalue weighted by Gasteiger charge is -2.41. The summed E-state index contributed by atoms with van der Waals surface area (Å²) < 4.78 is 13.3. The SMILES string of the molecule is CCC1(CC)CCN(Cc2cc(F)ccc2N)CC1. The lowest BCUT2D eigenvalue weighted by molar-refractivity contribution is 0.0910. The Labute approximate surface area is 115 Å². The molecule has 1 aromatic rings. The van der Waals surface area contributed by atoms with E-state index in [-0.39, 0.29) is 5.82 Å². The summed E-state index contributed by atoms with van der Waals surface area (Å²) in [4.78, 5) is 2.40. The molecule has 1 aromatic carbocycles. The van der Waals surface area contributed by atoms with Gasteiger partial charge in [-0.15, -0.1) is 0 Å². The van der Waals surface area contributed by atoms with Crippen LogP contribution in [0.15, 0.2) is 18.2 Å². The Morgan fingerprint density at radius 2 is 1.84 bits per heavy atom. The van der Waals surface area contributed by atoms with Crippen LogP contribution in [0.2, 0.25) is 0 Å². The average Bonchev–Trinajstić information content (AvgIpc) is 2.44. The van der Waals surface area contributed by atoms with Gasteiger partial charge in [0.25, 0.3) is 0 Å². The maximum Gasteiger partial charge on any atom is 0.123 e. The summed E-state index contributed by atoms with van der Waals surface area (Å²) >= 11 is 0. The van der Waals surface area contributed by atoms with Crippen LogP contribution in [0.3, 0.4) is 0 Å². The Balaban J connectivity index is 1.97. The van der Waals surface area contributed by atoms with Crippen LogP contribution in [0, 0.1) is 11.2 Å². The molecule has 106 valence electrons. The van der Waals surface area contributed by atoms with Crippen molar-refractivity contribution in [3.05, 3.63) is 29.6 Å². The number of nitrogens with zero attached hydrogens (tertiary/aromatic N) is 1. The molecule has 0 bridgehead atoms. The maximum absolute atomic E-state index is 13.3. The second-order valence-corrected chi connectivity index (χ2v) is 5.83. The summed E-state index contributed by atoms with van der Waals surface area (Å²) in [5.74, 6) is -0.197. The van der Waals surface area contributed by atoms with E-state index in [0.717, 1.165) is 25.2 Å². The fourth-order valence-electron chi connectivity index (χ4n) is 3.09. The molecule has 0 aromatic heterocycles. The highest BCUT2D eigenvalue weighted by atomic mass is 19.1. The average molecular weight is 264 g/mol. The summed E-state index contributed by atoms with van der Waals surface area (Å²) in [6.45, 7) is 7.55. The molecule has 2 rings (SSSR count). The molecule has 3 heteroatoms. The van der Waals surface area contributed by atoms with Gasteiger partial charge in [-0.3, -0.25) is 4.90 Å². The van der Waals surface area contributed by atoms with Crippen molar-refractivity contribution >= 4 is 5.69 Å². The van der Waals surface area contributed by atoms with Crippen molar-refractivity contribution < 1.29 is 4.39 Å². The molecule has 0 radical (unpaired) electrons. The predicted octanol–water partition coefficient (Wildman–Crippen LogP) is 3.81. The number of nitrogen functional groups attached to an aromatic ring is 1. The zero-order valence-corrected chi connectivity index (χ0v) is 12.1. The highest BCUT2D eigenvalue weighted by molar-refractivity contribution is 5.46. The quantitative estimate of drug-likeness (QED) is 0.838. The molecule has 1 fully saturated rings. The Bertz CT molecular complexity index is 417. The number of benzene rings is 1. The number of hydrogen-bond acceptors (Lipinski definition) is 2. The minimum absolute atomic E-state index is 0.197. The van der Waals surface area contributed by atoms with Crippen LogP contribution in [0.25, 0.3) is 0 Å². The first kappa shape index (κ1) is 14.3. The van der Waals surface area contributed by atoms with Gasteiger partial charge in [0.1, 0.15) is 5.82 Å². The first-order valence-corrected chi connectivity index (χ1v) is 7.35. The molecule has 1 heterocycles. The third-order valence-electron chi connectivity index (χ3n) is 4.92. The third kappa shape index (κ3) is 3.27. The molecule has 2 nitrogen and oxygen atoms in total. The molecule has 1 saturated heterocycles. The Hall–Kier alpha value is -1.09. The third-order valence-corrected chi connectivity index (χ3v) is 4.92. The minimum atomic E-state index is -0.197. The van der Waals surface area contributed by atoms with E-state index in [1.165, 1.54) is 31.7 Å². The Morgan fingerprint density at radius 3 is 2.42 bits per heavy atom. The van der Waals surface area contributed by atoms with Gasteiger partial charge < -0.3 is 5.73 Å². The number of rotatable bonds is 4. The van der Waals surface area contributed by atoms with E-state index in [2.05, 4.69) is 18.7 Å². The van der Waals surface area contributed by atoms with Gasteiger partial charge in [0.05, 0.1) is 0 Å². The second-order valence-electron chi connectivity index (χ2n) is 5.83. The fourth-order valence-corrected chi connectivity index (χ4v) is 3.09. The molecule has 0 spiro atoms. The molecule has 1 aliphatic rings. The molecule has 0 saturated carbocycles. The normalized spacial score (nSPS) is 19.5. The smallest absolute Gasteiger partial charge is 0.123 e. The van der Waals surface area contributed by atoms with Crippen molar-refractivity contribution in [1.82, 2.24) is 4.90 Å². The number of likely N-dealkylation sites (tertiary alicyclic amines) is 1. The standard InChI is InChI=1S/C16H25FN2/c1-3-16(4-2)7-9-19(10-8-16)12-13-11-14(17)5-6-15(13)18/h5-6,11H,3-4,7-10,12,18H2,1-2H3. The number of nitrogens with two attached hydrogens (primary N) is 1. The number of anilines is 1. The highest BCUT2D eigenvalue weighted by Crippen LogP contribution is 2.38. The van der Waals surface area contributed by atoms with E-state index in [9.17, 15) is 4.39 Å². The van der Waals surface area contributed by atoms with Gasteiger partial charge in [-0.05, 0) is 55.1 Å². The van der Waals surface area contributed by atoms with Crippen LogP contribution >= 0.6 is 0 Å². The van der Waals surface area contributed by atoms with Crippen LogP contribution < -0.4 is 5.73 Å². The van der Waals surface area contributed by atoms with Crippen molar-refractivity contribution in [2.75, 3.05) is 18.8 Å². The van der Waals surface area contributed by atoms with Crippen molar-refractivity contribution in [2.45, 2.75) is 46.1 Å². The van der Waals surface area contributed by atoms with Gasteiger partial charge >= 0.3 is 0 Å². The molecule has 2 N–H and O–H groups in total. The fraction of sp³-hybridized carbons (Fsp3) is 0.625.